The van der Waals surface area contributed by atoms with Crippen LogP contribution in [0.25, 0.3) is 32.7 Å². The van der Waals surface area contributed by atoms with Crippen molar-refractivity contribution in [1.29, 1.82) is 0 Å². The molecule has 0 radical (unpaired) electrons. The third kappa shape index (κ3) is 6.88. The monoisotopic (exact) mass is 1030 g/mol. The van der Waals surface area contributed by atoms with Crippen molar-refractivity contribution < 1.29 is 73.8 Å². The number of benzene rings is 8. The number of rotatable bonds is 9. The van der Waals surface area contributed by atoms with Crippen LogP contribution in [0.2, 0.25) is 0 Å². The second-order valence-corrected chi connectivity index (χ2v) is 19.9. The molecule has 8 aromatic rings. The summed E-state index contributed by atoms with van der Waals surface area (Å²) in [5.74, 6) is -6.50. The van der Waals surface area contributed by atoms with Gasteiger partial charge >= 0.3 is 0 Å². The molecule has 0 aromatic heterocycles. The third-order valence-electron chi connectivity index (χ3n) is 12.9. The Hall–Kier alpha value is -9.74. The summed E-state index contributed by atoms with van der Waals surface area (Å²) in [5, 5.41) is 4.95. The summed E-state index contributed by atoms with van der Waals surface area (Å²) in [6.07, 6.45) is 0. The van der Waals surface area contributed by atoms with E-state index in [4.69, 9.17) is 9.47 Å². The van der Waals surface area contributed by atoms with Crippen molar-refractivity contribution in [3.8, 4) is 34.1 Å². The number of hydrogen-bond donors (Lipinski definition) is 4. The average molecular weight is 1030 g/mol. The quantitative estimate of drug-likeness (QED) is 0.0827. The van der Waals surface area contributed by atoms with E-state index in [0.717, 1.165) is 34.1 Å². The van der Waals surface area contributed by atoms with E-state index in [9.17, 15) is 64.3 Å². The van der Waals surface area contributed by atoms with Crippen LogP contribution >= 0.6 is 0 Å². The topological polar surface area (TPSA) is 294 Å². The zero-order valence-corrected chi connectivity index (χ0v) is 38.7. The summed E-state index contributed by atoms with van der Waals surface area (Å²) in [6.45, 7) is 0. The van der Waals surface area contributed by atoms with Gasteiger partial charge < -0.3 is 9.47 Å². The van der Waals surface area contributed by atoms with E-state index >= 15 is 0 Å². The number of nitrogens with zero attached hydrogens (tertiary/aromatic N) is 2. The molecule has 0 bridgehead atoms. The fourth-order valence-corrected chi connectivity index (χ4v) is 10.6. The lowest BCUT2D eigenvalue weighted by Gasteiger charge is -2.30. The van der Waals surface area contributed by atoms with Crippen LogP contribution in [0, 0.1) is 0 Å². The van der Waals surface area contributed by atoms with Crippen molar-refractivity contribution in [2.24, 2.45) is 0 Å². The zero-order chi connectivity index (χ0) is 51.9. The predicted octanol–water partition coefficient (Wildman–Crippen LogP) is 7.11. The van der Waals surface area contributed by atoms with Crippen molar-refractivity contribution >= 4 is 100 Å². The van der Waals surface area contributed by atoms with E-state index in [1.54, 1.807) is 0 Å². The van der Waals surface area contributed by atoms with E-state index in [-0.39, 0.29) is 112 Å². The van der Waals surface area contributed by atoms with Crippen LogP contribution in [0.4, 0.5) is 11.4 Å². The maximum atomic E-state index is 14.5. The summed E-state index contributed by atoms with van der Waals surface area (Å²) < 4.78 is 79.9. The van der Waals surface area contributed by atoms with Gasteiger partial charge in [0.1, 0.15) is 23.0 Å². The molecule has 0 atom stereocenters. The van der Waals surface area contributed by atoms with E-state index in [2.05, 4.69) is 10.6 Å². The van der Waals surface area contributed by atoms with Gasteiger partial charge in [0.25, 0.3) is 67.5 Å². The Bertz CT molecular complexity index is 3890. The minimum absolute atomic E-state index is 0.00917. The van der Waals surface area contributed by atoms with Crippen LogP contribution in [0.5, 0.6) is 23.0 Å². The number of amides is 8. The maximum absolute atomic E-state index is 14.5. The second-order valence-electron chi connectivity index (χ2n) is 17.1. The number of hydrogen-bond acceptors (Lipinski definition) is 14. The van der Waals surface area contributed by atoms with Crippen molar-refractivity contribution in [2.45, 2.75) is 9.79 Å². The van der Waals surface area contributed by atoms with Gasteiger partial charge in [-0.2, -0.15) is 16.8 Å². The van der Waals surface area contributed by atoms with Crippen LogP contribution in [0.3, 0.4) is 0 Å². The first-order valence-electron chi connectivity index (χ1n) is 21.7. The fourth-order valence-electron chi connectivity index (χ4n) is 9.60. The molecule has 4 heterocycles. The molecule has 22 heteroatoms. The lowest BCUT2D eigenvalue weighted by molar-refractivity contribution is 0.0828. The van der Waals surface area contributed by atoms with Gasteiger partial charge in [-0.1, -0.05) is 0 Å². The summed E-state index contributed by atoms with van der Waals surface area (Å²) in [6, 6.07) is 28.2. The van der Waals surface area contributed by atoms with Crippen LogP contribution in [-0.4, -0.2) is 73.2 Å². The number of nitrogens with one attached hydrogen (secondary N) is 2. The maximum Gasteiger partial charge on any atom is 0.294 e. The minimum atomic E-state index is -4.65. The van der Waals surface area contributed by atoms with Crippen LogP contribution < -0.4 is 29.9 Å². The highest BCUT2D eigenvalue weighted by molar-refractivity contribution is 7.86. The summed E-state index contributed by atoms with van der Waals surface area (Å²) in [7, 11) is -9.31. The highest BCUT2D eigenvalue weighted by atomic mass is 32.2. The molecule has 4 N–H and O–H groups in total. The van der Waals surface area contributed by atoms with Crippen molar-refractivity contribution in [3.05, 3.63) is 178 Å². The van der Waals surface area contributed by atoms with Crippen molar-refractivity contribution in [3.63, 3.8) is 0 Å². The molecular formula is C52H26N4O16S2. The highest BCUT2D eigenvalue weighted by Crippen LogP contribution is 2.47. The van der Waals surface area contributed by atoms with Gasteiger partial charge in [-0.05, 0) is 121 Å². The SMILES string of the molecule is O=C1NC(=O)c2ccc3c4c(ccc1c24)C(=O)N(c1ccc(-c2ccc(N4C(=O)c5ccc6c7c(ccc(c57)C4=O)C(=O)NC6=O)cc2Oc2ccc(S(=O)(=O)O)cc2)c(Oc2ccc(S(=O)(=O)O)cc2)c1)C3=O. The van der Waals surface area contributed by atoms with Gasteiger partial charge in [0.2, 0.25) is 0 Å². The molecule has 0 spiro atoms. The second kappa shape index (κ2) is 15.9. The normalized spacial score (nSPS) is 14.9. The number of ether oxygens (including phenoxy) is 2. The molecule has 362 valence electrons. The molecule has 8 aromatic carbocycles. The third-order valence-corrected chi connectivity index (χ3v) is 14.7. The van der Waals surface area contributed by atoms with Crippen molar-refractivity contribution in [1.82, 2.24) is 10.6 Å². The molecule has 20 nitrogen and oxygen atoms in total. The first kappa shape index (κ1) is 45.4. The van der Waals surface area contributed by atoms with E-state index in [1.165, 1.54) is 109 Å². The number of carbonyl (C=O) groups excluding carboxylic acids is 8. The Balaban J connectivity index is 1.01. The first-order valence-corrected chi connectivity index (χ1v) is 24.6. The Morgan fingerprint density at radius 1 is 0.338 bits per heavy atom. The smallest absolute Gasteiger partial charge is 0.294 e. The predicted molar refractivity (Wildman–Crippen MR) is 258 cm³/mol. The molecule has 8 amide bonds. The zero-order valence-electron chi connectivity index (χ0n) is 37.0. The van der Waals surface area contributed by atoms with Crippen LogP contribution in [0.1, 0.15) is 82.9 Å². The number of carbonyl (C=O) groups is 8. The Kier molecular flexibility index (Phi) is 9.74. The molecule has 0 aliphatic carbocycles. The standard InChI is InChI=1S/C52H26N4O16S2/c57-45-31-13-17-35-43-36(18-14-32(41(31)43)46(58)53-45)50(62)55(49(35)61)23-1-11-29(39(21-23)71-25-3-7-27(8-4-25)73(65,66)67)30-12-2-24(22-40(30)72-26-5-9-28(10-6-26)74(68,69)70)56-51(63)37-19-15-33-42-34(48(60)54-47(33)59)16-20-38(44(37)42)52(56)64/h1-22H,(H,53,57,58)(H,54,59,60)(H,65,66,67)(H,68,69,70). The van der Waals surface area contributed by atoms with E-state index in [1.807, 2.05) is 0 Å². The molecule has 12 rings (SSSR count). The van der Waals surface area contributed by atoms with Gasteiger partial charge in [-0.3, -0.25) is 58.1 Å². The highest BCUT2D eigenvalue weighted by Gasteiger charge is 2.40. The van der Waals surface area contributed by atoms with Gasteiger partial charge in [-0.25, -0.2) is 9.80 Å². The van der Waals surface area contributed by atoms with Crippen molar-refractivity contribution in [2.75, 3.05) is 9.80 Å². The fraction of sp³-hybridized carbons (Fsp3) is 0. The molecule has 0 unspecified atom stereocenters. The first-order chi connectivity index (χ1) is 35.3. The number of imide groups is 4. The molecular weight excluding hydrogens is 1000 g/mol. The van der Waals surface area contributed by atoms with Gasteiger partial charge in [-0.15, -0.1) is 0 Å². The lowest BCUT2D eigenvalue weighted by Crippen LogP contribution is -2.42. The van der Waals surface area contributed by atoms with Gasteiger partial charge in [0, 0.05) is 89.3 Å². The van der Waals surface area contributed by atoms with E-state index in [0.29, 0.717) is 0 Å². The van der Waals surface area contributed by atoms with Gasteiger partial charge in [0.05, 0.1) is 21.2 Å². The summed E-state index contributed by atoms with van der Waals surface area (Å²) in [5.41, 5.74) is 0.429. The average Bonchev–Trinajstić information content (AvgIpc) is 3.36. The Morgan fingerprint density at radius 3 is 0.878 bits per heavy atom. The minimum Gasteiger partial charge on any atom is -0.457 e. The van der Waals surface area contributed by atoms with Gasteiger partial charge in [0.15, 0.2) is 0 Å². The molecule has 0 saturated heterocycles. The van der Waals surface area contributed by atoms with Crippen LogP contribution in [-0.2, 0) is 20.2 Å². The summed E-state index contributed by atoms with van der Waals surface area (Å²) >= 11 is 0. The molecule has 74 heavy (non-hydrogen) atoms. The van der Waals surface area contributed by atoms with Crippen LogP contribution in [0.15, 0.2) is 143 Å². The van der Waals surface area contributed by atoms with E-state index < -0.39 is 77.3 Å². The molecule has 4 aliphatic heterocycles. The Labute approximate surface area is 414 Å². The molecule has 0 fully saturated rings. The lowest BCUT2D eigenvalue weighted by atomic mass is 9.86. The summed E-state index contributed by atoms with van der Waals surface area (Å²) in [4.78, 5) is 110. The largest absolute Gasteiger partial charge is 0.457 e. The number of anilines is 2. The molecule has 0 saturated carbocycles. The Morgan fingerprint density at radius 2 is 0.595 bits per heavy atom. The molecule has 4 aliphatic rings.